The predicted octanol–water partition coefficient (Wildman–Crippen LogP) is 0.840. The molecule has 26 heavy (non-hydrogen) atoms. The molecule has 0 radical (unpaired) electrons. The molecule has 0 aromatic carbocycles. The van der Waals surface area contributed by atoms with Crippen molar-refractivity contribution in [3.8, 4) is 0 Å². The van der Waals surface area contributed by atoms with Crippen molar-refractivity contribution < 1.29 is 14.3 Å². The van der Waals surface area contributed by atoms with Crippen LogP contribution in [-0.2, 0) is 14.3 Å². The van der Waals surface area contributed by atoms with Crippen LogP contribution in [0.15, 0.2) is 4.99 Å². The van der Waals surface area contributed by atoms with E-state index in [4.69, 9.17) is 15.9 Å². The third kappa shape index (κ3) is 10.9. The summed E-state index contributed by atoms with van der Waals surface area (Å²) in [6.07, 6.45) is 2.51. The Morgan fingerprint density at radius 3 is 2.50 bits per heavy atom. The molecule has 0 heterocycles. The van der Waals surface area contributed by atoms with Crippen molar-refractivity contribution in [3.63, 3.8) is 0 Å². The van der Waals surface area contributed by atoms with Crippen LogP contribution in [0.5, 0.6) is 0 Å². The maximum atomic E-state index is 11.5. The van der Waals surface area contributed by atoms with Crippen LogP contribution >= 0.6 is 0 Å². The van der Waals surface area contributed by atoms with E-state index in [2.05, 4.69) is 15.2 Å². The van der Waals surface area contributed by atoms with Crippen LogP contribution in [0.4, 0.5) is 0 Å². The number of carbonyl (C=O) groups is 2. The summed E-state index contributed by atoms with van der Waals surface area (Å²) in [5.41, 5.74) is 6.32. The van der Waals surface area contributed by atoms with Crippen molar-refractivity contribution in [2.45, 2.75) is 51.7 Å². The molecule has 0 bridgehead atoms. The van der Waals surface area contributed by atoms with Gasteiger partial charge in [-0.3, -0.25) is 14.6 Å². The number of carbonyl (C=O) groups excluding carboxylic acids is 2. The minimum atomic E-state index is -0.409. The average Bonchev–Trinajstić information content (AvgIpc) is 2.57. The van der Waals surface area contributed by atoms with Gasteiger partial charge in [-0.15, -0.1) is 0 Å². The number of hydrogen-bond acceptors (Lipinski definition) is 6. The number of ether oxygens (including phenoxy) is 1. The molecule has 4 N–H and O–H groups in total. The molecule has 3 unspecified atom stereocenters. The SMILES string of the molecule is CN=C(CC=N)CN(C)CCC(C)C(CC(N)=O)OC(C)CC(=O)NC. The van der Waals surface area contributed by atoms with Crippen molar-refractivity contribution >= 4 is 23.7 Å². The van der Waals surface area contributed by atoms with Gasteiger partial charge in [-0.1, -0.05) is 6.92 Å². The molecular formula is C18H35N5O3. The zero-order valence-electron chi connectivity index (χ0n) is 16.7. The van der Waals surface area contributed by atoms with Crippen molar-refractivity contribution in [1.82, 2.24) is 10.2 Å². The van der Waals surface area contributed by atoms with Crippen LogP contribution in [0.2, 0.25) is 0 Å². The van der Waals surface area contributed by atoms with Crippen LogP contribution in [0.1, 0.15) is 39.5 Å². The lowest BCUT2D eigenvalue weighted by Gasteiger charge is -2.28. The lowest BCUT2D eigenvalue weighted by molar-refractivity contribution is -0.128. The highest BCUT2D eigenvalue weighted by molar-refractivity contribution is 5.96. The molecular weight excluding hydrogens is 334 g/mol. The van der Waals surface area contributed by atoms with Crippen LogP contribution < -0.4 is 11.1 Å². The van der Waals surface area contributed by atoms with Crippen molar-refractivity contribution in [1.29, 1.82) is 5.41 Å². The standard InChI is InChI=1S/C18H35N5O3/c1-13(7-9-23(5)12-15(21-3)6-8-19)16(11-17(20)24)26-14(2)10-18(25)22-4/h8,13-14,16,19H,6-7,9-12H2,1-5H3,(H2,20,24)(H,22,25). The third-order valence-electron chi connectivity index (χ3n) is 4.27. The fourth-order valence-electron chi connectivity index (χ4n) is 2.64. The number of nitrogens with one attached hydrogen (secondary N) is 2. The van der Waals surface area contributed by atoms with Crippen molar-refractivity contribution in [2.24, 2.45) is 16.6 Å². The Balaban J connectivity index is 4.62. The van der Waals surface area contributed by atoms with Crippen molar-refractivity contribution in [2.75, 3.05) is 34.2 Å². The third-order valence-corrected chi connectivity index (χ3v) is 4.27. The van der Waals surface area contributed by atoms with Gasteiger partial charge >= 0.3 is 0 Å². The Morgan fingerprint density at radius 1 is 1.35 bits per heavy atom. The maximum Gasteiger partial charge on any atom is 0.222 e. The van der Waals surface area contributed by atoms with E-state index < -0.39 is 5.91 Å². The summed E-state index contributed by atoms with van der Waals surface area (Å²) >= 11 is 0. The maximum absolute atomic E-state index is 11.5. The number of nitrogens with zero attached hydrogens (tertiary/aromatic N) is 2. The first kappa shape index (κ1) is 24.2. The summed E-state index contributed by atoms with van der Waals surface area (Å²) in [6.45, 7) is 5.36. The normalized spacial score (nSPS) is 15.4. The van der Waals surface area contributed by atoms with E-state index in [0.717, 1.165) is 18.7 Å². The Kier molecular flexibility index (Phi) is 12.5. The molecule has 150 valence electrons. The minimum Gasteiger partial charge on any atom is -0.374 e. The number of primary amides is 1. The number of rotatable bonds is 14. The van der Waals surface area contributed by atoms with Crippen LogP contribution in [0.3, 0.4) is 0 Å². The Hall–Kier alpha value is -1.80. The largest absolute Gasteiger partial charge is 0.374 e. The molecule has 0 saturated heterocycles. The van der Waals surface area contributed by atoms with E-state index in [1.54, 1.807) is 14.1 Å². The molecule has 0 aromatic rings. The number of nitrogens with two attached hydrogens (primary N) is 1. The molecule has 8 nitrogen and oxygen atoms in total. The number of hydrogen-bond donors (Lipinski definition) is 3. The molecule has 0 aromatic heterocycles. The second-order valence-electron chi connectivity index (χ2n) is 6.73. The summed E-state index contributed by atoms with van der Waals surface area (Å²) < 4.78 is 5.93. The van der Waals surface area contributed by atoms with E-state index in [1.807, 2.05) is 20.9 Å². The Labute approximate surface area is 157 Å². The molecule has 0 spiro atoms. The van der Waals surface area contributed by atoms with Gasteiger partial charge in [-0.05, 0) is 32.9 Å². The Morgan fingerprint density at radius 2 is 2.00 bits per heavy atom. The number of amides is 2. The molecule has 0 saturated carbocycles. The fourth-order valence-corrected chi connectivity index (χ4v) is 2.64. The smallest absolute Gasteiger partial charge is 0.222 e. The van der Waals surface area contributed by atoms with Gasteiger partial charge in [0.2, 0.25) is 11.8 Å². The van der Waals surface area contributed by atoms with Gasteiger partial charge in [-0.2, -0.15) is 0 Å². The number of aliphatic imine (C=N–C) groups is 1. The summed E-state index contributed by atoms with van der Waals surface area (Å²) in [6, 6.07) is 0. The molecule has 0 aliphatic heterocycles. The highest BCUT2D eigenvalue weighted by Gasteiger charge is 2.24. The second-order valence-corrected chi connectivity index (χ2v) is 6.73. The van der Waals surface area contributed by atoms with E-state index in [9.17, 15) is 9.59 Å². The fraction of sp³-hybridized carbons (Fsp3) is 0.778. The summed E-state index contributed by atoms with van der Waals surface area (Å²) in [5.74, 6) is -0.393. The molecule has 0 rings (SSSR count). The first-order chi connectivity index (χ1) is 12.2. The van der Waals surface area contributed by atoms with Crippen LogP contribution in [0.25, 0.3) is 0 Å². The van der Waals surface area contributed by atoms with Gasteiger partial charge in [0.1, 0.15) is 0 Å². The molecule has 0 aliphatic carbocycles. The quantitative estimate of drug-likeness (QED) is 0.393. The average molecular weight is 370 g/mol. The summed E-state index contributed by atoms with van der Waals surface area (Å²) in [7, 11) is 5.32. The minimum absolute atomic E-state index is 0.0970. The summed E-state index contributed by atoms with van der Waals surface area (Å²) in [5, 5.41) is 9.76. The van der Waals surface area contributed by atoms with Crippen LogP contribution in [-0.4, -0.2) is 75.1 Å². The highest BCUT2D eigenvalue weighted by atomic mass is 16.5. The van der Waals surface area contributed by atoms with Gasteiger partial charge in [0, 0.05) is 39.0 Å². The zero-order valence-corrected chi connectivity index (χ0v) is 16.7. The van der Waals surface area contributed by atoms with Crippen molar-refractivity contribution in [3.05, 3.63) is 0 Å². The van der Waals surface area contributed by atoms with E-state index in [-0.39, 0.29) is 36.9 Å². The van der Waals surface area contributed by atoms with Gasteiger partial charge in [0.05, 0.1) is 25.0 Å². The highest BCUT2D eigenvalue weighted by Crippen LogP contribution is 2.18. The van der Waals surface area contributed by atoms with Gasteiger partial charge < -0.3 is 26.1 Å². The molecule has 0 aliphatic rings. The lowest BCUT2D eigenvalue weighted by atomic mass is 9.97. The molecule has 0 fully saturated rings. The predicted molar refractivity (Wildman–Crippen MR) is 105 cm³/mol. The Bertz CT molecular complexity index is 481. The molecule has 8 heteroatoms. The monoisotopic (exact) mass is 369 g/mol. The second kappa shape index (κ2) is 13.4. The van der Waals surface area contributed by atoms with Gasteiger partial charge in [0.15, 0.2) is 0 Å². The molecule has 3 atom stereocenters. The zero-order chi connectivity index (χ0) is 20.1. The lowest BCUT2D eigenvalue weighted by Crippen LogP contribution is -2.35. The van der Waals surface area contributed by atoms with Gasteiger partial charge in [-0.25, -0.2) is 0 Å². The van der Waals surface area contributed by atoms with E-state index in [1.165, 1.54) is 6.21 Å². The van der Waals surface area contributed by atoms with Crippen LogP contribution in [0, 0.1) is 11.3 Å². The van der Waals surface area contributed by atoms with E-state index >= 15 is 0 Å². The van der Waals surface area contributed by atoms with Gasteiger partial charge in [0.25, 0.3) is 0 Å². The molecule has 2 amide bonds. The summed E-state index contributed by atoms with van der Waals surface area (Å²) in [4.78, 5) is 29.2. The van der Waals surface area contributed by atoms with E-state index in [0.29, 0.717) is 13.0 Å². The first-order valence-electron chi connectivity index (χ1n) is 8.99. The topological polar surface area (TPSA) is 121 Å². The first-order valence-corrected chi connectivity index (χ1v) is 8.99.